The molecule has 0 saturated carbocycles. The predicted molar refractivity (Wildman–Crippen MR) is 109 cm³/mol. The first-order valence-electron chi connectivity index (χ1n) is 9.89. The fourth-order valence-electron chi connectivity index (χ4n) is 3.44. The Hall–Kier alpha value is -2.53. The van der Waals surface area contributed by atoms with Crippen LogP contribution in [0, 0.1) is 5.92 Å². The van der Waals surface area contributed by atoms with Gasteiger partial charge in [-0.1, -0.05) is 19.9 Å². The lowest BCUT2D eigenvalue weighted by Gasteiger charge is -2.26. The number of ketones is 1. The van der Waals surface area contributed by atoms with Gasteiger partial charge in [-0.2, -0.15) is 0 Å². The van der Waals surface area contributed by atoms with E-state index in [0.717, 1.165) is 28.4 Å². The third-order valence-corrected chi connectivity index (χ3v) is 4.87. The normalized spacial score (nSPS) is 14.0. The minimum Gasteiger partial charge on any atom is -0.494 e. The molecule has 0 aliphatic carbocycles. The zero-order valence-electron chi connectivity index (χ0n) is 17.1. The van der Waals surface area contributed by atoms with E-state index in [1.54, 1.807) is 6.92 Å². The van der Waals surface area contributed by atoms with Gasteiger partial charge in [0, 0.05) is 23.7 Å². The lowest BCUT2D eigenvalue weighted by atomic mass is 9.95. The highest BCUT2D eigenvalue weighted by molar-refractivity contribution is 5.94. The number of benzene rings is 2. The average molecular weight is 383 g/mol. The van der Waals surface area contributed by atoms with Gasteiger partial charge < -0.3 is 19.5 Å². The zero-order valence-corrected chi connectivity index (χ0v) is 17.1. The maximum Gasteiger partial charge on any atom is 0.161 e. The predicted octanol–water partition coefficient (Wildman–Crippen LogP) is 4.55. The van der Waals surface area contributed by atoms with Crippen molar-refractivity contribution in [2.45, 2.75) is 40.3 Å². The number of hydrogen-bond donors (Lipinski definition) is 1. The quantitative estimate of drug-likeness (QED) is 0.678. The van der Waals surface area contributed by atoms with Crippen LogP contribution in [0.5, 0.6) is 17.2 Å². The highest BCUT2D eigenvalue weighted by atomic mass is 16.6. The molecule has 0 fully saturated rings. The van der Waals surface area contributed by atoms with Crippen molar-refractivity contribution in [1.82, 2.24) is 5.32 Å². The smallest absolute Gasteiger partial charge is 0.161 e. The zero-order chi connectivity index (χ0) is 20.1. The van der Waals surface area contributed by atoms with Crippen LogP contribution in [0.2, 0.25) is 0 Å². The van der Waals surface area contributed by atoms with Gasteiger partial charge in [-0.25, -0.2) is 0 Å². The first-order valence-corrected chi connectivity index (χ1v) is 9.89. The number of carbonyl (C=O) groups is 1. The molecule has 28 heavy (non-hydrogen) atoms. The van der Waals surface area contributed by atoms with Crippen LogP contribution in [0.4, 0.5) is 0 Å². The molecule has 5 heteroatoms. The van der Waals surface area contributed by atoms with E-state index in [0.29, 0.717) is 37.8 Å². The highest BCUT2D eigenvalue weighted by Gasteiger charge is 2.20. The molecule has 0 bridgehead atoms. The SMILES string of the molecule is CCOc1ccc(C(C)=O)cc1CNC(c1ccc2c(c1)OCCO2)C(C)C. The van der Waals surface area contributed by atoms with E-state index in [2.05, 4.69) is 31.3 Å². The summed E-state index contributed by atoms with van der Waals surface area (Å²) in [5, 5.41) is 3.64. The molecule has 0 saturated heterocycles. The Kier molecular flexibility index (Phi) is 6.57. The van der Waals surface area contributed by atoms with E-state index in [1.807, 2.05) is 31.2 Å². The van der Waals surface area contributed by atoms with E-state index in [1.165, 1.54) is 0 Å². The number of rotatable bonds is 8. The molecule has 5 nitrogen and oxygen atoms in total. The summed E-state index contributed by atoms with van der Waals surface area (Å²) in [6.07, 6.45) is 0. The number of ether oxygens (including phenoxy) is 3. The van der Waals surface area contributed by atoms with Crippen LogP contribution in [0.15, 0.2) is 36.4 Å². The summed E-state index contributed by atoms with van der Waals surface area (Å²) < 4.78 is 17.1. The maximum absolute atomic E-state index is 11.8. The number of fused-ring (bicyclic) bond motifs is 1. The maximum atomic E-state index is 11.8. The molecular weight excluding hydrogens is 354 g/mol. The van der Waals surface area contributed by atoms with Gasteiger partial charge in [0.05, 0.1) is 6.61 Å². The molecule has 0 amide bonds. The Labute approximate surface area is 167 Å². The van der Waals surface area contributed by atoms with E-state index >= 15 is 0 Å². The van der Waals surface area contributed by atoms with Gasteiger partial charge in [0.2, 0.25) is 0 Å². The first kappa shape index (κ1) is 20.2. The molecule has 1 atom stereocenters. The van der Waals surface area contributed by atoms with Crippen LogP contribution in [-0.4, -0.2) is 25.6 Å². The molecule has 1 aliphatic heterocycles. The summed E-state index contributed by atoms with van der Waals surface area (Å²) in [6, 6.07) is 11.9. The third-order valence-electron chi connectivity index (χ3n) is 4.87. The van der Waals surface area contributed by atoms with Crippen molar-refractivity contribution in [3.8, 4) is 17.2 Å². The first-order chi connectivity index (χ1) is 13.5. The second-order valence-electron chi connectivity index (χ2n) is 7.32. The Bertz CT molecular complexity index is 831. The highest BCUT2D eigenvalue weighted by Crippen LogP contribution is 2.34. The molecular formula is C23H29NO4. The largest absolute Gasteiger partial charge is 0.494 e. The van der Waals surface area contributed by atoms with Gasteiger partial charge in [-0.05, 0) is 55.7 Å². The topological polar surface area (TPSA) is 56.8 Å². The van der Waals surface area contributed by atoms with Crippen molar-refractivity contribution < 1.29 is 19.0 Å². The van der Waals surface area contributed by atoms with Crippen molar-refractivity contribution in [3.63, 3.8) is 0 Å². The van der Waals surface area contributed by atoms with E-state index in [9.17, 15) is 4.79 Å². The van der Waals surface area contributed by atoms with E-state index in [-0.39, 0.29) is 11.8 Å². The van der Waals surface area contributed by atoms with Crippen LogP contribution in [-0.2, 0) is 6.54 Å². The molecule has 0 aromatic heterocycles. The number of carbonyl (C=O) groups excluding carboxylic acids is 1. The Morgan fingerprint density at radius 3 is 2.54 bits per heavy atom. The molecule has 1 aliphatic rings. The van der Waals surface area contributed by atoms with Gasteiger partial charge in [0.1, 0.15) is 19.0 Å². The summed E-state index contributed by atoms with van der Waals surface area (Å²) >= 11 is 0. The van der Waals surface area contributed by atoms with Crippen molar-refractivity contribution in [3.05, 3.63) is 53.1 Å². The van der Waals surface area contributed by atoms with Gasteiger partial charge in [0.15, 0.2) is 17.3 Å². The minimum atomic E-state index is 0.0524. The Morgan fingerprint density at radius 2 is 1.86 bits per heavy atom. The molecule has 150 valence electrons. The van der Waals surface area contributed by atoms with Crippen LogP contribution >= 0.6 is 0 Å². The van der Waals surface area contributed by atoms with Crippen LogP contribution in [0.25, 0.3) is 0 Å². The van der Waals surface area contributed by atoms with Crippen molar-refractivity contribution in [2.75, 3.05) is 19.8 Å². The van der Waals surface area contributed by atoms with E-state index in [4.69, 9.17) is 14.2 Å². The Balaban J connectivity index is 1.82. The standard InChI is InChI=1S/C23H29NO4/c1-5-26-20-8-6-17(16(4)25)12-19(20)14-24-23(15(2)3)18-7-9-21-22(13-18)28-11-10-27-21/h6-9,12-13,15,23-24H,5,10-11,14H2,1-4H3. The second kappa shape index (κ2) is 9.11. The molecule has 1 heterocycles. The van der Waals surface area contributed by atoms with Crippen molar-refractivity contribution >= 4 is 5.78 Å². The fraction of sp³-hybridized carbons (Fsp3) is 0.435. The molecule has 0 spiro atoms. The summed E-state index contributed by atoms with van der Waals surface area (Å²) in [5.74, 6) is 2.82. The summed E-state index contributed by atoms with van der Waals surface area (Å²) in [6.45, 7) is 10.3. The van der Waals surface area contributed by atoms with Gasteiger partial charge in [-0.3, -0.25) is 4.79 Å². The Morgan fingerprint density at radius 1 is 1.11 bits per heavy atom. The van der Waals surface area contributed by atoms with Crippen molar-refractivity contribution in [2.24, 2.45) is 5.92 Å². The molecule has 2 aromatic rings. The number of hydrogen-bond acceptors (Lipinski definition) is 5. The van der Waals surface area contributed by atoms with Crippen molar-refractivity contribution in [1.29, 1.82) is 0 Å². The summed E-state index contributed by atoms with van der Waals surface area (Å²) in [5.41, 5.74) is 2.83. The summed E-state index contributed by atoms with van der Waals surface area (Å²) in [4.78, 5) is 11.8. The minimum absolute atomic E-state index is 0.0524. The molecule has 2 aromatic carbocycles. The van der Waals surface area contributed by atoms with Gasteiger partial charge >= 0.3 is 0 Å². The lowest BCUT2D eigenvalue weighted by molar-refractivity contribution is 0.101. The van der Waals surface area contributed by atoms with Gasteiger partial charge in [0.25, 0.3) is 0 Å². The molecule has 0 radical (unpaired) electrons. The average Bonchev–Trinajstić information content (AvgIpc) is 2.69. The van der Waals surface area contributed by atoms with Crippen LogP contribution in [0.1, 0.15) is 55.2 Å². The molecule has 1 unspecified atom stereocenters. The molecule has 3 rings (SSSR count). The second-order valence-corrected chi connectivity index (χ2v) is 7.32. The summed E-state index contributed by atoms with van der Waals surface area (Å²) in [7, 11) is 0. The number of Topliss-reactive ketones (excluding diaryl/α,β-unsaturated/α-hetero) is 1. The van der Waals surface area contributed by atoms with Crippen LogP contribution < -0.4 is 19.5 Å². The fourth-order valence-corrected chi connectivity index (χ4v) is 3.44. The van der Waals surface area contributed by atoms with Crippen LogP contribution in [0.3, 0.4) is 0 Å². The molecule has 1 N–H and O–H groups in total. The van der Waals surface area contributed by atoms with Gasteiger partial charge in [-0.15, -0.1) is 0 Å². The lowest BCUT2D eigenvalue weighted by Crippen LogP contribution is -2.26. The third kappa shape index (κ3) is 4.65. The van der Waals surface area contributed by atoms with E-state index < -0.39 is 0 Å². The monoisotopic (exact) mass is 383 g/mol. The number of nitrogens with one attached hydrogen (secondary N) is 1.